The second kappa shape index (κ2) is 8.60. The van der Waals surface area contributed by atoms with Crippen molar-refractivity contribution < 1.29 is 9.53 Å². The Hall–Kier alpha value is -0.650. The molecule has 2 saturated heterocycles. The molecule has 5 heteroatoms. The van der Waals surface area contributed by atoms with E-state index in [1.54, 1.807) is 0 Å². The lowest BCUT2D eigenvalue weighted by Crippen LogP contribution is -2.55. The van der Waals surface area contributed by atoms with Gasteiger partial charge in [0.1, 0.15) is 5.60 Å². The third-order valence-electron chi connectivity index (χ3n) is 3.73. The van der Waals surface area contributed by atoms with Crippen LogP contribution < -0.4 is 10.6 Å². The summed E-state index contributed by atoms with van der Waals surface area (Å²) < 4.78 is 4.55. The number of hydrogen-bond donors (Lipinski definition) is 2. The van der Waals surface area contributed by atoms with Crippen molar-refractivity contribution in [2.75, 3.05) is 32.7 Å². The summed E-state index contributed by atoms with van der Waals surface area (Å²) in [5.74, 6) is 0. The Morgan fingerprint density at radius 2 is 1.80 bits per heavy atom. The zero-order chi connectivity index (χ0) is 15.0. The monoisotopic (exact) mass is 285 g/mol. The van der Waals surface area contributed by atoms with Crippen LogP contribution in [0.25, 0.3) is 0 Å². The van der Waals surface area contributed by atoms with E-state index in [1.807, 2.05) is 20.8 Å². The van der Waals surface area contributed by atoms with Crippen LogP contribution in [0.1, 0.15) is 40.5 Å². The molecule has 2 N–H and O–H groups in total. The molecule has 118 valence electrons. The Balaban J connectivity index is 0.000000246. The van der Waals surface area contributed by atoms with Gasteiger partial charge in [0.2, 0.25) is 0 Å². The van der Waals surface area contributed by atoms with Crippen LogP contribution in [0.15, 0.2) is 0 Å². The minimum Gasteiger partial charge on any atom is -0.462 e. The fraction of sp³-hybridized carbons (Fsp3) is 0.933. The van der Waals surface area contributed by atoms with Crippen molar-refractivity contribution in [1.29, 1.82) is 0 Å². The first-order valence-electron chi connectivity index (χ1n) is 7.72. The van der Waals surface area contributed by atoms with Crippen LogP contribution in [-0.2, 0) is 9.53 Å². The van der Waals surface area contributed by atoms with Crippen molar-refractivity contribution in [3.8, 4) is 0 Å². The van der Waals surface area contributed by atoms with Gasteiger partial charge in [0.25, 0.3) is 6.47 Å². The molecule has 2 aliphatic rings. The highest BCUT2D eigenvalue weighted by Gasteiger charge is 2.26. The Morgan fingerprint density at radius 1 is 1.15 bits per heavy atom. The van der Waals surface area contributed by atoms with Gasteiger partial charge in [-0.3, -0.25) is 9.69 Å². The molecule has 0 aliphatic carbocycles. The van der Waals surface area contributed by atoms with Crippen molar-refractivity contribution in [3.63, 3.8) is 0 Å². The van der Waals surface area contributed by atoms with Crippen LogP contribution in [-0.4, -0.2) is 61.8 Å². The number of nitrogens with one attached hydrogen (secondary N) is 2. The van der Waals surface area contributed by atoms with Crippen LogP contribution in [0.5, 0.6) is 0 Å². The average molecular weight is 285 g/mol. The number of piperazine rings is 1. The maximum atomic E-state index is 9.60. The number of carbonyl (C=O) groups is 1. The van der Waals surface area contributed by atoms with E-state index < -0.39 is 0 Å². The molecule has 1 atom stereocenters. The molecule has 2 fully saturated rings. The van der Waals surface area contributed by atoms with E-state index in [9.17, 15) is 4.79 Å². The van der Waals surface area contributed by atoms with Crippen molar-refractivity contribution >= 4 is 6.47 Å². The standard InChI is InChI=1S/C10H21N3.C5H10O2/c1-9-8-12-6-7-13(9)10-2-4-11-5-3-10;1-5(2,3)7-4-6/h9-12H,2-8H2,1H3;4H,1-3H3/t9-;/m0./s1. The predicted molar refractivity (Wildman–Crippen MR) is 81.8 cm³/mol. The van der Waals surface area contributed by atoms with E-state index in [1.165, 1.54) is 45.6 Å². The normalized spacial score (nSPS) is 25.5. The first-order valence-corrected chi connectivity index (χ1v) is 7.72. The lowest BCUT2D eigenvalue weighted by Gasteiger charge is -2.41. The van der Waals surface area contributed by atoms with Gasteiger partial charge in [-0.15, -0.1) is 0 Å². The number of ether oxygens (including phenoxy) is 1. The van der Waals surface area contributed by atoms with E-state index in [0.717, 1.165) is 12.1 Å². The SMILES string of the molecule is CC(C)(C)OC=O.C[C@H]1CNCCN1C1CCNCC1. The summed E-state index contributed by atoms with van der Waals surface area (Å²) in [5.41, 5.74) is -0.318. The van der Waals surface area contributed by atoms with Crippen LogP contribution >= 0.6 is 0 Å². The van der Waals surface area contributed by atoms with Gasteiger partial charge in [0.05, 0.1) is 0 Å². The summed E-state index contributed by atoms with van der Waals surface area (Å²) in [6.45, 7) is 14.3. The van der Waals surface area contributed by atoms with Crippen LogP contribution in [0.2, 0.25) is 0 Å². The van der Waals surface area contributed by atoms with Gasteiger partial charge >= 0.3 is 0 Å². The topological polar surface area (TPSA) is 53.6 Å². The van der Waals surface area contributed by atoms with Gasteiger partial charge in [0, 0.05) is 31.7 Å². The summed E-state index contributed by atoms with van der Waals surface area (Å²) >= 11 is 0. The molecule has 0 aromatic rings. The number of piperidine rings is 1. The fourth-order valence-electron chi connectivity index (χ4n) is 2.68. The Bertz CT molecular complexity index is 273. The number of hydrogen-bond acceptors (Lipinski definition) is 5. The highest BCUT2D eigenvalue weighted by atomic mass is 16.5. The molecule has 2 heterocycles. The Morgan fingerprint density at radius 3 is 2.25 bits per heavy atom. The van der Waals surface area contributed by atoms with Gasteiger partial charge in [-0.1, -0.05) is 0 Å². The molecule has 5 nitrogen and oxygen atoms in total. The average Bonchev–Trinajstić information content (AvgIpc) is 2.40. The molecule has 0 bridgehead atoms. The van der Waals surface area contributed by atoms with Gasteiger partial charge < -0.3 is 15.4 Å². The molecule has 20 heavy (non-hydrogen) atoms. The lowest BCUT2D eigenvalue weighted by molar-refractivity contribution is -0.138. The molecule has 0 spiro atoms. The van der Waals surface area contributed by atoms with E-state index in [2.05, 4.69) is 27.2 Å². The van der Waals surface area contributed by atoms with Crippen molar-refractivity contribution in [2.45, 2.75) is 58.2 Å². The Labute approximate surface area is 123 Å². The van der Waals surface area contributed by atoms with Crippen LogP contribution in [0, 0.1) is 0 Å². The third-order valence-corrected chi connectivity index (χ3v) is 3.73. The third kappa shape index (κ3) is 6.68. The predicted octanol–water partition coefficient (Wildman–Crippen LogP) is 0.990. The minimum absolute atomic E-state index is 0.318. The maximum Gasteiger partial charge on any atom is 0.293 e. The lowest BCUT2D eigenvalue weighted by atomic mass is 10.0. The van der Waals surface area contributed by atoms with Crippen LogP contribution in [0.3, 0.4) is 0 Å². The summed E-state index contributed by atoms with van der Waals surface area (Å²) in [6, 6.07) is 1.58. The van der Waals surface area contributed by atoms with E-state index in [-0.39, 0.29) is 5.60 Å². The largest absolute Gasteiger partial charge is 0.462 e. The summed E-state index contributed by atoms with van der Waals surface area (Å²) in [5, 5.41) is 6.87. The maximum absolute atomic E-state index is 9.60. The molecule has 0 aromatic carbocycles. The fourth-order valence-corrected chi connectivity index (χ4v) is 2.68. The molecular formula is C15H31N3O2. The highest BCUT2D eigenvalue weighted by molar-refractivity contribution is 5.37. The first-order chi connectivity index (χ1) is 9.44. The molecule has 0 unspecified atom stereocenters. The van der Waals surface area contributed by atoms with Crippen molar-refractivity contribution in [2.24, 2.45) is 0 Å². The van der Waals surface area contributed by atoms with E-state index in [4.69, 9.17) is 0 Å². The summed E-state index contributed by atoms with van der Waals surface area (Å²) in [4.78, 5) is 12.3. The first kappa shape index (κ1) is 17.4. The quantitative estimate of drug-likeness (QED) is 0.741. The molecule has 2 rings (SSSR count). The molecule has 0 aromatic heterocycles. The summed E-state index contributed by atoms with van der Waals surface area (Å²) in [6.07, 6.45) is 2.68. The molecular weight excluding hydrogens is 254 g/mol. The number of carbonyl (C=O) groups excluding carboxylic acids is 1. The van der Waals surface area contributed by atoms with Gasteiger partial charge in [-0.25, -0.2) is 0 Å². The second-order valence-electron chi connectivity index (χ2n) is 6.60. The molecule has 0 saturated carbocycles. The number of nitrogens with zero attached hydrogens (tertiary/aromatic N) is 1. The summed E-state index contributed by atoms with van der Waals surface area (Å²) in [7, 11) is 0. The molecule has 2 aliphatic heterocycles. The number of rotatable bonds is 2. The zero-order valence-corrected chi connectivity index (χ0v) is 13.4. The van der Waals surface area contributed by atoms with Gasteiger partial charge in [-0.2, -0.15) is 0 Å². The minimum atomic E-state index is -0.318. The van der Waals surface area contributed by atoms with Crippen LogP contribution in [0.4, 0.5) is 0 Å². The van der Waals surface area contributed by atoms with Crippen molar-refractivity contribution in [3.05, 3.63) is 0 Å². The van der Waals surface area contributed by atoms with Crippen molar-refractivity contribution in [1.82, 2.24) is 15.5 Å². The zero-order valence-electron chi connectivity index (χ0n) is 13.4. The van der Waals surface area contributed by atoms with Gasteiger partial charge in [0.15, 0.2) is 0 Å². The van der Waals surface area contributed by atoms with E-state index >= 15 is 0 Å². The Kier molecular flexibility index (Phi) is 7.48. The molecule has 0 radical (unpaired) electrons. The highest BCUT2D eigenvalue weighted by Crippen LogP contribution is 2.15. The van der Waals surface area contributed by atoms with E-state index in [0.29, 0.717) is 6.47 Å². The second-order valence-corrected chi connectivity index (χ2v) is 6.60. The van der Waals surface area contributed by atoms with Gasteiger partial charge in [-0.05, 0) is 53.6 Å². The molecule has 0 amide bonds. The smallest absolute Gasteiger partial charge is 0.293 e.